The van der Waals surface area contributed by atoms with Crippen LogP contribution in [0.4, 0.5) is 0 Å². The van der Waals surface area contributed by atoms with Gasteiger partial charge in [0, 0.05) is 19.0 Å². The van der Waals surface area contributed by atoms with Crippen molar-refractivity contribution in [3.8, 4) is 0 Å². The molecule has 1 aliphatic carbocycles. The Morgan fingerprint density at radius 3 is 2.57 bits per heavy atom. The zero-order valence-electron chi connectivity index (χ0n) is 16.7. The van der Waals surface area contributed by atoms with E-state index in [0.29, 0.717) is 37.9 Å². The standard InChI is InChI=1S/C18H31N5O3.2ClH/c1-23(2)12-16-20-17(22-26-16)18(7-5-3-4-6-8-18)21-15(24)11-14-13-25-10-9-19-14;;/h14,19H,3-13H2,1-2H3,(H,21,24);2*1H. The largest absolute Gasteiger partial charge is 0.378 e. The lowest BCUT2D eigenvalue weighted by molar-refractivity contribution is -0.124. The summed E-state index contributed by atoms with van der Waals surface area (Å²) < 4.78 is 10.9. The van der Waals surface area contributed by atoms with E-state index in [4.69, 9.17) is 9.26 Å². The van der Waals surface area contributed by atoms with Crippen molar-refractivity contribution in [3.05, 3.63) is 11.7 Å². The number of aromatic nitrogens is 2. The molecule has 2 aliphatic rings. The number of halogens is 2. The van der Waals surface area contributed by atoms with Crippen molar-refractivity contribution in [1.29, 1.82) is 0 Å². The first kappa shape index (κ1) is 25.1. The zero-order chi connectivity index (χ0) is 18.4. The molecule has 0 aromatic carbocycles. The second-order valence-electron chi connectivity index (χ2n) is 7.72. The maximum absolute atomic E-state index is 12.8. The fourth-order valence-electron chi connectivity index (χ4n) is 3.81. The molecular weight excluding hydrogens is 405 g/mol. The quantitative estimate of drug-likeness (QED) is 0.657. The zero-order valence-corrected chi connectivity index (χ0v) is 18.4. The topological polar surface area (TPSA) is 92.5 Å². The van der Waals surface area contributed by atoms with Gasteiger partial charge in [0.15, 0.2) is 5.82 Å². The van der Waals surface area contributed by atoms with Gasteiger partial charge < -0.3 is 24.8 Å². The van der Waals surface area contributed by atoms with E-state index in [1.54, 1.807) is 0 Å². The second-order valence-corrected chi connectivity index (χ2v) is 7.72. The molecule has 162 valence electrons. The van der Waals surface area contributed by atoms with Gasteiger partial charge >= 0.3 is 0 Å². The van der Waals surface area contributed by atoms with Gasteiger partial charge in [0.1, 0.15) is 5.54 Å². The van der Waals surface area contributed by atoms with Crippen molar-refractivity contribution in [2.45, 2.75) is 63.1 Å². The van der Waals surface area contributed by atoms with E-state index in [0.717, 1.165) is 32.2 Å². The summed E-state index contributed by atoms with van der Waals surface area (Å²) in [6.07, 6.45) is 6.59. The summed E-state index contributed by atoms with van der Waals surface area (Å²) in [5, 5.41) is 10.8. The van der Waals surface area contributed by atoms with E-state index in [2.05, 4.69) is 20.8 Å². The average Bonchev–Trinajstić information content (AvgIpc) is 2.94. The highest BCUT2D eigenvalue weighted by atomic mass is 35.5. The first-order valence-electron chi connectivity index (χ1n) is 9.67. The van der Waals surface area contributed by atoms with Crippen molar-refractivity contribution in [3.63, 3.8) is 0 Å². The summed E-state index contributed by atoms with van der Waals surface area (Å²) in [4.78, 5) is 19.4. The Morgan fingerprint density at radius 2 is 1.96 bits per heavy atom. The van der Waals surface area contributed by atoms with Crippen molar-refractivity contribution < 1.29 is 14.1 Å². The minimum absolute atomic E-state index is 0. The van der Waals surface area contributed by atoms with E-state index in [9.17, 15) is 4.79 Å². The molecule has 1 unspecified atom stereocenters. The summed E-state index contributed by atoms with van der Waals surface area (Å²) in [7, 11) is 3.93. The van der Waals surface area contributed by atoms with Crippen molar-refractivity contribution in [2.75, 3.05) is 33.9 Å². The Labute approximate surface area is 179 Å². The molecule has 8 nitrogen and oxygen atoms in total. The van der Waals surface area contributed by atoms with Gasteiger partial charge in [-0.3, -0.25) is 4.79 Å². The number of amides is 1. The minimum atomic E-state index is -0.517. The monoisotopic (exact) mass is 437 g/mol. The van der Waals surface area contributed by atoms with Gasteiger partial charge in [0.25, 0.3) is 0 Å². The smallest absolute Gasteiger partial charge is 0.240 e. The maximum atomic E-state index is 12.8. The third-order valence-electron chi connectivity index (χ3n) is 5.11. The number of nitrogens with zero attached hydrogens (tertiary/aromatic N) is 3. The van der Waals surface area contributed by atoms with Gasteiger partial charge in [-0.2, -0.15) is 4.98 Å². The molecule has 28 heavy (non-hydrogen) atoms. The fraction of sp³-hybridized carbons (Fsp3) is 0.833. The van der Waals surface area contributed by atoms with Gasteiger partial charge in [0.2, 0.25) is 11.8 Å². The minimum Gasteiger partial charge on any atom is -0.378 e. The number of carbonyl (C=O) groups is 1. The molecular formula is C18H33Cl2N5O3. The molecule has 2 fully saturated rings. The summed E-state index contributed by atoms with van der Waals surface area (Å²) in [6.45, 7) is 2.68. The van der Waals surface area contributed by atoms with Crippen molar-refractivity contribution in [1.82, 2.24) is 25.7 Å². The van der Waals surface area contributed by atoms with E-state index in [-0.39, 0.29) is 36.8 Å². The van der Waals surface area contributed by atoms with E-state index < -0.39 is 5.54 Å². The maximum Gasteiger partial charge on any atom is 0.240 e. The van der Waals surface area contributed by atoms with Crippen LogP contribution < -0.4 is 10.6 Å². The molecule has 1 aromatic rings. The SMILES string of the molecule is CN(C)Cc1nc(C2(NC(=O)CC3COCCN3)CCCCCC2)no1.Cl.Cl. The number of morpholine rings is 1. The average molecular weight is 438 g/mol. The van der Waals surface area contributed by atoms with Crippen LogP contribution in [0.15, 0.2) is 4.52 Å². The Bertz CT molecular complexity index is 586. The number of hydrogen-bond donors (Lipinski definition) is 2. The summed E-state index contributed by atoms with van der Waals surface area (Å²) in [5.74, 6) is 1.23. The Hall–Kier alpha value is -0.930. The predicted molar refractivity (Wildman–Crippen MR) is 111 cm³/mol. The molecule has 0 bridgehead atoms. The predicted octanol–water partition coefficient (Wildman–Crippen LogP) is 2.02. The summed E-state index contributed by atoms with van der Waals surface area (Å²) in [5.41, 5.74) is -0.517. The van der Waals surface area contributed by atoms with E-state index in [1.807, 2.05) is 19.0 Å². The molecule has 3 rings (SSSR count). The van der Waals surface area contributed by atoms with Crippen LogP contribution in [0.1, 0.15) is 56.7 Å². The number of nitrogens with one attached hydrogen (secondary N) is 2. The summed E-state index contributed by atoms with van der Waals surface area (Å²) in [6, 6.07) is 0.0705. The molecule has 1 amide bonds. The van der Waals surface area contributed by atoms with Crippen LogP contribution in [-0.2, 0) is 21.6 Å². The van der Waals surface area contributed by atoms with E-state index >= 15 is 0 Å². The Morgan fingerprint density at radius 1 is 1.25 bits per heavy atom. The van der Waals surface area contributed by atoms with Crippen LogP contribution in [0.2, 0.25) is 0 Å². The lowest BCUT2D eigenvalue weighted by Gasteiger charge is -2.32. The lowest BCUT2D eigenvalue weighted by atomic mass is 9.88. The Balaban J connectivity index is 0.00000196. The van der Waals surface area contributed by atoms with Crippen LogP contribution >= 0.6 is 24.8 Å². The highest BCUT2D eigenvalue weighted by Gasteiger charge is 2.39. The fourth-order valence-corrected chi connectivity index (χ4v) is 3.81. The van der Waals surface area contributed by atoms with Crippen LogP contribution in [-0.4, -0.2) is 60.8 Å². The van der Waals surface area contributed by atoms with Crippen LogP contribution in [0.3, 0.4) is 0 Å². The van der Waals surface area contributed by atoms with E-state index in [1.165, 1.54) is 12.8 Å². The number of ether oxygens (including phenoxy) is 1. The van der Waals surface area contributed by atoms with Crippen molar-refractivity contribution in [2.24, 2.45) is 0 Å². The molecule has 10 heteroatoms. The molecule has 2 heterocycles. The number of hydrogen-bond acceptors (Lipinski definition) is 7. The lowest BCUT2D eigenvalue weighted by Crippen LogP contribution is -2.50. The molecule has 1 saturated carbocycles. The highest BCUT2D eigenvalue weighted by molar-refractivity contribution is 5.85. The van der Waals surface area contributed by atoms with Gasteiger partial charge in [0.05, 0.1) is 19.8 Å². The first-order chi connectivity index (χ1) is 12.6. The van der Waals surface area contributed by atoms with Crippen LogP contribution in [0, 0.1) is 0 Å². The van der Waals surface area contributed by atoms with Crippen LogP contribution in [0.25, 0.3) is 0 Å². The van der Waals surface area contributed by atoms with Gasteiger partial charge in [-0.05, 0) is 26.9 Å². The molecule has 1 aromatic heterocycles. The van der Waals surface area contributed by atoms with Crippen LogP contribution in [0.5, 0.6) is 0 Å². The highest BCUT2D eigenvalue weighted by Crippen LogP contribution is 2.34. The van der Waals surface area contributed by atoms with Crippen molar-refractivity contribution >= 4 is 30.7 Å². The molecule has 1 aliphatic heterocycles. The number of carbonyl (C=O) groups excluding carboxylic acids is 1. The molecule has 0 spiro atoms. The normalized spacial score (nSPS) is 21.9. The summed E-state index contributed by atoms with van der Waals surface area (Å²) >= 11 is 0. The molecule has 1 atom stereocenters. The number of rotatable bonds is 6. The molecule has 1 saturated heterocycles. The second kappa shape index (κ2) is 11.9. The molecule has 0 radical (unpaired) electrons. The third kappa shape index (κ3) is 6.84. The molecule has 2 N–H and O–H groups in total. The van der Waals surface area contributed by atoms with Gasteiger partial charge in [-0.25, -0.2) is 0 Å². The third-order valence-corrected chi connectivity index (χ3v) is 5.11. The first-order valence-corrected chi connectivity index (χ1v) is 9.67. The Kier molecular flexibility index (Phi) is 10.7. The van der Waals surface area contributed by atoms with Gasteiger partial charge in [-0.15, -0.1) is 24.8 Å². The van der Waals surface area contributed by atoms with Gasteiger partial charge in [-0.1, -0.05) is 30.8 Å².